The molecular formula is C26H23ClFN3O3. The van der Waals surface area contributed by atoms with Crippen LogP contribution in [0.25, 0.3) is 23.0 Å². The van der Waals surface area contributed by atoms with Crippen molar-refractivity contribution < 1.29 is 18.4 Å². The number of rotatable bonds is 4. The van der Waals surface area contributed by atoms with Crippen molar-refractivity contribution in [2.24, 2.45) is 0 Å². The maximum absolute atomic E-state index is 13.7. The van der Waals surface area contributed by atoms with Gasteiger partial charge in [0.15, 0.2) is 0 Å². The molecule has 1 aromatic heterocycles. The third-order valence-corrected chi connectivity index (χ3v) is 6.72. The first-order valence-corrected chi connectivity index (χ1v) is 11.4. The number of hydrogen-bond acceptors (Lipinski definition) is 4. The van der Waals surface area contributed by atoms with E-state index < -0.39 is 5.82 Å². The molecule has 3 aromatic rings. The number of fused-ring (bicyclic) bond motifs is 1. The summed E-state index contributed by atoms with van der Waals surface area (Å²) in [5.41, 5.74) is 2.47. The Bertz CT molecular complexity index is 1330. The number of benzene rings is 2. The molecule has 1 saturated heterocycles. The lowest BCUT2D eigenvalue weighted by atomic mass is 10.1. The van der Waals surface area contributed by atoms with E-state index in [2.05, 4.69) is 10.2 Å². The lowest BCUT2D eigenvalue weighted by molar-refractivity contribution is -0.110. The molecule has 0 spiro atoms. The van der Waals surface area contributed by atoms with Crippen LogP contribution in [-0.2, 0) is 4.79 Å². The van der Waals surface area contributed by atoms with E-state index in [1.165, 1.54) is 18.2 Å². The maximum Gasteiger partial charge on any atom is 0.256 e. The molecule has 34 heavy (non-hydrogen) atoms. The Morgan fingerprint density at radius 3 is 2.82 bits per heavy atom. The summed E-state index contributed by atoms with van der Waals surface area (Å²) in [5.74, 6) is 0.0829. The van der Waals surface area contributed by atoms with Crippen molar-refractivity contribution in [2.45, 2.75) is 12.5 Å². The van der Waals surface area contributed by atoms with Crippen LogP contribution in [0.3, 0.4) is 0 Å². The summed E-state index contributed by atoms with van der Waals surface area (Å²) in [7, 11) is 3.85. The van der Waals surface area contributed by atoms with E-state index in [1.54, 1.807) is 48.4 Å². The highest BCUT2D eigenvalue weighted by Crippen LogP contribution is 2.35. The van der Waals surface area contributed by atoms with Crippen LogP contribution in [0.4, 0.5) is 10.1 Å². The number of furan rings is 1. The van der Waals surface area contributed by atoms with E-state index >= 15 is 0 Å². The van der Waals surface area contributed by atoms with E-state index in [9.17, 15) is 14.0 Å². The average Bonchev–Trinajstić information content (AvgIpc) is 3.53. The largest absolute Gasteiger partial charge is 0.457 e. The van der Waals surface area contributed by atoms with Crippen LogP contribution in [0, 0.1) is 5.82 Å². The summed E-state index contributed by atoms with van der Waals surface area (Å²) < 4.78 is 19.7. The fraction of sp³-hybridized carbons (Fsp3) is 0.231. The SMILES string of the molecule is CN1CCC(N(C)C(=O)c2cc(-c3ccc(C=C4C(=O)Nc5ccc(F)cc54)o3)ccc2Cl)C1. The molecule has 2 aliphatic heterocycles. The van der Waals surface area contributed by atoms with E-state index in [0.717, 1.165) is 19.5 Å². The van der Waals surface area contributed by atoms with Gasteiger partial charge in [0, 0.05) is 36.4 Å². The minimum Gasteiger partial charge on any atom is -0.457 e. The van der Waals surface area contributed by atoms with Crippen molar-refractivity contribution in [2.75, 3.05) is 32.5 Å². The van der Waals surface area contributed by atoms with Gasteiger partial charge in [0.2, 0.25) is 0 Å². The summed E-state index contributed by atoms with van der Waals surface area (Å²) >= 11 is 6.38. The van der Waals surface area contributed by atoms with Gasteiger partial charge in [-0.2, -0.15) is 0 Å². The first-order chi connectivity index (χ1) is 16.3. The van der Waals surface area contributed by atoms with Crippen LogP contribution in [-0.4, -0.2) is 54.8 Å². The highest BCUT2D eigenvalue weighted by atomic mass is 35.5. The van der Waals surface area contributed by atoms with Gasteiger partial charge < -0.3 is 19.5 Å². The number of carbonyl (C=O) groups excluding carboxylic acids is 2. The van der Waals surface area contributed by atoms with Gasteiger partial charge in [0.25, 0.3) is 11.8 Å². The number of likely N-dealkylation sites (tertiary alicyclic amines) is 1. The summed E-state index contributed by atoms with van der Waals surface area (Å²) in [6.07, 6.45) is 2.50. The van der Waals surface area contributed by atoms with E-state index in [4.69, 9.17) is 16.0 Å². The molecule has 1 N–H and O–H groups in total. The molecule has 2 aromatic carbocycles. The smallest absolute Gasteiger partial charge is 0.256 e. The van der Waals surface area contributed by atoms with Gasteiger partial charge in [-0.15, -0.1) is 0 Å². The molecule has 1 atom stereocenters. The van der Waals surface area contributed by atoms with Crippen molar-refractivity contribution in [3.05, 3.63) is 76.3 Å². The zero-order valence-corrected chi connectivity index (χ0v) is 19.5. The minimum absolute atomic E-state index is 0.137. The number of anilines is 1. The van der Waals surface area contributed by atoms with Crippen molar-refractivity contribution >= 4 is 40.8 Å². The Morgan fingerprint density at radius 1 is 1.24 bits per heavy atom. The molecule has 0 saturated carbocycles. The van der Waals surface area contributed by atoms with Gasteiger partial charge in [-0.1, -0.05) is 11.6 Å². The molecule has 6 nitrogen and oxygen atoms in total. The van der Waals surface area contributed by atoms with Crippen LogP contribution >= 0.6 is 11.6 Å². The van der Waals surface area contributed by atoms with Gasteiger partial charge in [-0.05, 0) is 74.6 Å². The number of amides is 2. The highest BCUT2D eigenvalue weighted by Gasteiger charge is 2.28. The van der Waals surface area contributed by atoms with Gasteiger partial charge in [0.05, 0.1) is 16.2 Å². The lowest BCUT2D eigenvalue weighted by Gasteiger charge is -2.25. The quantitative estimate of drug-likeness (QED) is 0.534. The summed E-state index contributed by atoms with van der Waals surface area (Å²) in [6, 6.07) is 13.0. The molecule has 2 aliphatic rings. The molecular weight excluding hydrogens is 457 g/mol. The lowest BCUT2D eigenvalue weighted by Crippen LogP contribution is -2.38. The van der Waals surface area contributed by atoms with Crippen molar-refractivity contribution in [1.82, 2.24) is 9.80 Å². The second-order valence-electron chi connectivity index (χ2n) is 8.72. The molecule has 3 heterocycles. The predicted octanol–water partition coefficient (Wildman–Crippen LogP) is 5.01. The molecule has 0 bridgehead atoms. The first kappa shape index (κ1) is 22.4. The standard InChI is InChI=1S/C26H23ClFN3O3/c1-30-10-9-17(14-30)31(2)26(33)21-11-15(3-6-22(21)27)24-8-5-18(34-24)13-20-19-12-16(28)4-7-23(19)29-25(20)32/h3-8,11-13,17H,9-10,14H2,1-2H3,(H,29,32). The molecule has 2 amide bonds. The van der Waals surface area contributed by atoms with Crippen LogP contribution in [0.5, 0.6) is 0 Å². The summed E-state index contributed by atoms with van der Waals surface area (Å²) in [6.45, 7) is 1.78. The van der Waals surface area contributed by atoms with Crippen LogP contribution in [0.1, 0.15) is 28.1 Å². The number of nitrogens with zero attached hydrogens (tertiary/aromatic N) is 2. The Balaban J connectivity index is 1.42. The van der Waals surface area contributed by atoms with E-state index in [0.29, 0.717) is 44.5 Å². The fourth-order valence-electron chi connectivity index (χ4n) is 4.46. The zero-order valence-electron chi connectivity index (χ0n) is 18.8. The normalized spacial score (nSPS) is 18.9. The van der Waals surface area contributed by atoms with Gasteiger partial charge in [-0.3, -0.25) is 9.59 Å². The third kappa shape index (κ3) is 4.13. The number of carbonyl (C=O) groups is 2. The molecule has 0 radical (unpaired) electrons. The Hall–Kier alpha value is -3.42. The number of likely N-dealkylation sites (N-methyl/N-ethyl adjacent to an activating group) is 2. The number of halogens is 2. The Morgan fingerprint density at radius 2 is 2.06 bits per heavy atom. The maximum atomic E-state index is 13.7. The predicted molar refractivity (Wildman–Crippen MR) is 130 cm³/mol. The fourth-order valence-corrected chi connectivity index (χ4v) is 4.66. The molecule has 1 fully saturated rings. The molecule has 8 heteroatoms. The third-order valence-electron chi connectivity index (χ3n) is 6.39. The summed E-state index contributed by atoms with van der Waals surface area (Å²) in [4.78, 5) is 29.5. The average molecular weight is 480 g/mol. The second-order valence-corrected chi connectivity index (χ2v) is 9.13. The van der Waals surface area contributed by atoms with Crippen LogP contribution in [0.15, 0.2) is 52.9 Å². The van der Waals surface area contributed by atoms with Crippen LogP contribution < -0.4 is 5.32 Å². The monoisotopic (exact) mass is 479 g/mol. The van der Waals surface area contributed by atoms with Crippen LogP contribution in [0.2, 0.25) is 5.02 Å². The number of nitrogens with one attached hydrogen (secondary N) is 1. The van der Waals surface area contributed by atoms with Crippen molar-refractivity contribution in [3.63, 3.8) is 0 Å². The van der Waals surface area contributed by atoms with Gasteiger partial charge >= 0.3 is 0 Å². The van der Waals surface area contributed by atoms with E-state index in [1.807, 2.05) is 7.05 Å². The van der Waals surface area contributed by atoms with E-state index in [-0.39, 0.29) is 17.9 Å². The molecule has 1 unspecified atom stereocenters. The minimum atomic E-state index is -0.422. The van der Waals surface area contributed by atoms with Crippen molar-refractivity contribution in [3.8, 4) is 11.3 Å². The Labute approximate surface area is 201 Å². The first-order valence-electron chi connectivity index (χ1n) is 11.0. The molecule has 5 rings (SSSR count). The topological polar surface area (TPSA) is 65.8 Å². The molecule has 174 valence electrons. The van der Waals surface area contributed by atoms with Gasteiger partial charge in [-0.25, -0.2) is 4.39 Å². The second kappa shape index (κ2) is 8.74. The Kier molecular flexibility index (Phi) is 5.75. The zero-order chi connectivity index (χ0) is 24.0. The highest BCUT2D eigenvalue weighted by molar-refractivity contribution is 6.35. The number of hydrogen-bond donors (Lipinski definition) is 1. The summed E-state index contributed by atoms with van der Waals surface area (Å²) in [5, 5.41) is 3.10. The van der Waals surface area contributed by atoms with Gasteiger partial charge in [0.1, 0.15) is 17.3 Å². The molecule has 0 aliphatic carbocycles. The van der Waals surface area contributed by atoms with Crippen molar-refractivity contribution in [1.29, 1.82) is 0 Å².